The fourth-order valence-electron chi connectivity index (χ4n) is 0.588. The van der Waals surface area contributed by atoms with Crippen molar-refractivity contribution in [2.24, 2.45) is 0 Å². The van der Waals surface area contributed by atoms with Crippen molar-refractivity contribution < 1.29 is 4.74 Å². The van der Waals surface area contributed by atoms with Gasteiger partial charge in [0.15, 0.2) is 0 Å². The summed E-state index contributed by atoms with van der Waals surface area (Å²) in [6, 6.07) is 0. The lowest BCUT2D eigenvalue weighted by molar-refractivity contribution is 0.225. The van der Waals surface area contributed by atoms with Crippen LogP contribution in [0, 0.1) is 0 Å². The van der Waals surface area contributed by atoms with Gasteiger partial charge in [-0.1, -0.05) is 11.6 Å². The molecule has 0 aromatic heterocycles. The molecule has 0 saturated heterocycles. The van der Waals surface area contributed by atoms with Crippen LogP contribution in [0.5, 0.6) is 0 Å². The molecule has 0 spiro atoms. The van der Waals surface area contributed by atoms with Gasteiger partial charge in [0.05, 0.1) is 6.61 Å². The molecule has 9 heavy (non-hydrogen) atoms. The molecule has 0 heterocycles. The van der Waals surface area contributed by atoms with E-state index in [9.17, 15) is 0 Å². The first-order valence-electron chi connectivity index (χ1n) is 3.01. The molecule has 0 saturated carbocycles. The summed E-state index contributed by atoms with van der Waals surface area (Å²) >= 11 is 5.46. The van der Waals surface area contributed by atoms with Crippen LogP contribution in [0.25, 0.3) is 0 Å². The highest BCUT2D eigenvalue weighted by molar-refractivity contribution is 6.17. The van der Waals surface area contributed by atoms with E-state index in [1.54, 1.807) is 7.11 Å². The molecule has 0 amide bonds. The molecule has 0 unspecified atom stereocenters. The van der Waals surface area contributed by atoms with Crippen LogP contribution >= 0.6 is 11.6 Å². The fourth-order valence-corrected chi connectivity index (χ4v) is 0.697. The van der Waals surface area contributed by atoms with E-state index in [4.69, 9.17) is 16.3 Å². The number of rotatable bonds is 4. The summed E-state index contributed by atoms with van der Waals surface area (Å²) in [6.45, 7) is 2.76. The van der Waals surface area contributed by atoms with Crippen molar-refractivity contribution in [2.45, 2.75) is 13.3 Å². The summed E-state index contributed by atoms with van der Waals surface area (Å²) in [4.78, 5) is 0. The Morgan fingerprint density at radius 1 is 1.67 bits per heavy atom. The molecule has 0 atom stereocenters. The van der Waals surface area contributed by atoms with Crippen molar-refractivity contribution in [3.8, 4) is 0 Å². The van der Waals surface area contributed by atoms with Crippen molar-refractivity contribution in [3.05, 3.63) is 11.6 Å². The van der Waals surface area contributed by atoms with E-state index in [0.717, 1.165) is 13.0 Å². The van der Waals surface area contributed by atoms with Gasteiger partial charge in [-0.3, -0.25) is 0 Å². The van der Waals surface area contributed by atoms with Crippen molar-refractivity contribution in [3.63, 3.8) is 0 Å². The van der Waals surface area contributed by atoms with Crippen LogP contribution < -0.4 is 0 Å². The smallest absolute Gasteiger partial charge is 0.0670 e. The van der Waals surface area contributed by atoms with Crippen LogP contribution in [0.1, 0.15) is 13.3 Å². The van der Waals surface area contributed by atoms with E-state index in [-0.39, 0.29) is 0 Å². The summed E-state index contributed by atoms with van der Waals surface area (Å²) in [5.41, 5.74) is 1.25. The molecule has 0 bridgehead atoms. The van der Waals surface area contributed by atoms with Gasteiger partial charge in [0, 0.05) is 13.0 Å². The molecular formula is C7H13ClO. The second-order valence-electron chi connectivity index (χ2n) is 1.96. The monoisotopic (exact) mass is 148 g/mol. The summed E-state index contributed by atoms with van der Waals surface area (Å²) in [5.74, 6) is 0.695. The Morgan fingerprint density at radius 2 is 2.33 bits per heavy atom. The maximum absolute atomic E-state index is 5.46. The first kappa shape index (κ1) is 8.99. The van der Waals surface area contributed by atoms with Crippen molar-refractivity contribution in [1.82, 2.24) is 0 Å². The van der Waals surface area contributed by atoms with Crippen molar-refractivity contribution in [2.75, 3.05) is 19.6 Å². The summed E-state index contributed by atoms with van der Waals surface area (Å²) in [6.07, 6.45) is 3.03. The molecule has 0 aromatic carbocycles. The Balaban J connectivity index is 3.30. The van der Waals surface area contributed by atoms with Gasteiger partial charge in [-0.15, -0.1) is 11.6 Å². The Kier molecular flexibility index (Phi) is 6.11. The lowest BCUT2D eigenvalue weighted by Gasteiger charge is -1.96. The van der Waals surface area contributed by atoms with Gasteiger partial charge in [0.25, 0.3) is 0 Å². The van der Waals surface area contributed by atoms with Gasteiger partial charge in [-0.2, -0.15) is 0 Å². The molecule has 1 nitrogen and oxygen atoms in total. The second-order valence-corrected chi connectivity index (χ2v) is 2.34. The topological polar surface area (TPSA) is 9.23 Å². The minimum absolute atomic E-state index is 0.695. The van der Waals surface area contributed by atoms with Crippen LogP contribution in [0.15, 0.2) is 11.6 Å². The van der Waals surface area contributed by atoms with Gasteiger partial charge < -0.3 is 4.74 Å². The van der Waals surface area contributed by atoms with Crippen molar-refractivity contribution in [1.29, 1.82) is 0 Å². The van der Waals surface area contributed by atoms with Gasteiger partial charge >= 0.3 is 0 Å². The molecule has 2 heteroatoms. The zero-order valence-corrected chi connectivity index (χ0v) is 6.74. The first-order chi connectivity index (χ1) is 4.31. The quantitative estimate of drug-likeness (QED) is 0.439. The number of alkyl halides is 1. The van der Waals surface area contributed by atoms with Gasteiger partial charge in [0.1, 0.15) is 0 Å². The van der Waals surface area contributed by atoms with Gasteiger partial charge in [-0.05, 0) is 13.3 Å². The predicted molar refractivity (Wildman–Crippen MR) is 41.0 cm³/mol. The minimum atomic E-state index is 0.695. The highest BCUT2D eigenvalue weighted by Gasteiger charge is 1.84. The summed E-state index contributed by atoms with van der Waals surface area (Å²) < 4.78 is 4.89. The maximum Gasteiger partial charge on any atom is 0.0670 e. The van der Waals surface area contributed by atoms with Crippen LogP contribution in [-0.4, -0.2) is 19.6 Å². The maximum atomic E-state index is 5.46. The highest BCUT2D eigenvalue weighted by atomic mass is 35.5. The average Bonchev–Trinajstić information content (AvgIpc) is 1.85. The molecule has 0 radical (unpaired) electrons. The molecule has 0 aliphatic rings. The van der Waals surface area contributed by atoms with E-state index in [2.05, 4.69) is 6.08 Å². The molecule has 54 valence electrons. The molecular weight excluding hydrogens is 136 g/mol. The predicted octanol–water partition coefficient (Wildman–Crippen LogP) is 2.21. The third-order valence-corrected chi connectivity index (χ3v) is 1.19. The normalized spacial score (nSPS) is 12.1. The highest BCUT2D eigenvalue weighted by Crippen LogP contribution is 1.96. The Labute approximate surface area is 61.7 Å². The third-order valence-electron chi connectivity index (χ3n) is 0.974. The number of methoxy groups -OCH3 is 1. The van der Waals surface area contributed by atoms with E-state index in [1.165, 1.54) is 5.57 Å². The number of hydrogen-bond acceptors (Lipinski definition) is 1. The van der Waals surface area contributed by atoms with Crippen LogP contribution in [-0.2, 0) is 4.74 Å². The first-order valence-corrected chi connectivity index (χ1v) is 3.55. The number of hydrogen-bond donors (Lipinski definition) is 0. The van der Waals surface area contributed by atoms with Crippen LogP contribution in [0.4, 0.5) is 0 Å². The zero-order valence-electron chi connectivity index (χ0n) is 5.98. The number of halogens is 1. The lowest BCUT2D eigenvalue weighted by Crippen LogP contribution is -1.89. The van der Waals surface area contributed by atoms with E-state index in [0.29, 0.717) is 5.88 Å². The van der Waals surface area contributed by atoms with Crippen LogP contribution in [0.2, 0.25) is 0 Å². The molecule has 0 fully saturated rings. The lowest BCUT2D eigenvalue weighted by atomic mass is 10.3. The fraction of sp³-hybridized carbons (Fsp3) is 0.714. The molecule has 0 rings (SSSR count). The SMILES string of the molecule is COCC(C)=CCCCl. The number of allylic oxidation sites excluding steroid dienone is 1. The Morgan fingerprint density at radius 3 is 2.78 bits per heavy atom. The van der Waals surface area contributed by atoms with E-state index in [1.807, 2.05) is 6.92 Å². The second kappa shape index (κ2) is 6.12. The van der Waals surface area contributed by atoms with Crippen molar-refractivity contribution >= 4 is 11.6 Å². The summed E-state index contributed by atoms with van der Waals surface area (Å²) in [7, 11) is 1.69. The zero-order chi connectivity index (χ0) is 7.11. The van der Waals surface area contributed by atoms with Gasteiger partial charge in [-0.25, -0.2) is 0 Å². The number of ether oxygens (including phenoxy) is 1. The summed E-state index contributed by atoms with van der Waals surface area (Å²) in [5, 5.41) is 0. The average molecular weight is 149 g/mol. The van der Waals surface area contributed by atoms with E-state index >= 15 is 0 Å². The van der Waals surface area contributed by atoms with Crippen LogP contribution in [0.3, 0.4) is 0 Å². The minimum Gasteiger partial charge on any atom is -0.380 e. The third kappa shape index (κ3) is 5.87. The molecule has 0 aliphatic carbocycles. The standard InChI is InChI=1S/C7H13ClO/c1-7(6-9-2)4-3-5-8/h4H,3,5-6H2,1-2H3. The molecule has 0 aromatic rings. The van der Waals surface area contributed by atoms with E-state index < -0.39 is 0 Å². The molecule has 0 N–H and O–H groups in total. The Hall–Kier alpha value is -0.0100. The molecule has 0 aliphatic heterocycles. The van der Waals surface area contributed by atoms with Gasteiger partial charge in [0.2, 0.25) is 0 Å². The largest absolute Gasteiger partial charge is 0.380 e. The Bertz CT molecular complexity index is 88.9.